The molecule has 0 spiro atoms. The summed E-state index contributed by atoms with van der Waals surface area (Å²) in [5.74, 6) is 1.77. The molecule has 16 heavy (non-hydrogen) atoms. The van der Waals surface area contributed by atoms with Gasteiger partial charge in [-0.25, -0.2) is 0 Å². The quantitative estimate of drug-likeness (QED) is 0.718. The van der Waals surface area contributed by atoms with Crippen molar-refractivity contribution in [1.29, 1.82) is 0 Å². The topological polar surface area (TPSA) is 15.3 Å². The van der Waals surface area contributed by atoms with E-state index in [1.54, 1.807) is 0 Å². The Balaban J connectivity index is 2.23. The molecule has 96 valence electrons. The summed E-state index contributed by atoms with van der Waals surface area (Å²) < 4.78 is 0. The lowest BCUT2D eigenvalue weighted by molar-refractivity contribution is 0.215. The molecule has 0 amide bonds. The highest BCUT2D eigenvalue weighted by molar-refractivity contribution is 4.81. The molecule has 1 N–H and O–H groups in total. The monoisotopic (exact) mass is 226 g/mol. The van der Waals surface area contributed by atoms with Gasteiger partial charge in [0.05, 0.1) is 0 Å². The van der Waals surface area contributed by atoms with E-state index in [0.717, 1.165) is 24.4 Å². The zero-order valence-electron chi connectivity index (χ0n) is 11.6. The van der Waals surface area contributed by atoms with Crippen molar-refractivity contribution < 1.29 is 0 Å². The third-order valence-corrected chi connectivity index (χ3v) is 4.06. The molecule has 1 fully saturated rings. The standard InChI is InChI=1S/C14H30N2/c1-5-12(3)9-13(4)16-8-7-14(11-16)10-15-6-2/h12-15H,5-11H2,1-4H3. The maximum atomic E-state index is 3.47. The second-order valence-corrected chi connectivity index (χ2v) is 5.56. The Labute approximate surface area is 102 Å². The highest BCUT2D eigenvalue weighted by Crippen LogP contribution is 2.22. The Kier molecular flexibility index (Phi) is 6.37. The predicted molar refractivity (Wildman–Crippen MR) is 71.8 cm³/mol. The van der Waals surface area contributed by atoms with Crippen LogP contribution in [0.3, 0.4) is 0 Å². The van der Waals surface area contributed by atoms with Gasteiger partial charge in [-0.2, -0.15) is 0 Å². The summed E-state index contributed by atoms with van der Waals surface area (Å²) in [5, 5.41) is 3.47. The molecule has 1 aliphatic rings. The fourth-order valence-electron chi connectivity index (χ4n) is 2.68. The van der Waals surface area contributed by atoms with Gasteiger partial charge in [0.25, 0.3) is 0 Å². The van der Waals surface area contributed by atoms with E-state index in [4.69, 9.17) is 0 Å². The molecule has 0 aromatic heterocycles. The summed E-state index contributed by atoms with van der Waals surface area (Å²) in [6.45, 7) is 14.2. The molecule has 0 aromatic rings. The Morgan fingerprint density at radius 2 is 2.06 bits per heavy atom. The van der Waals surface area contributed by atoms with Crippen LogP contribution in [-0.2, 0) is 0 Å². The number of likely N-dealkylation sites (tertiary alicyclic amines) is 1. The van der Waals surface area contributed by atoms with E-state index in [1.165, 1.54) is 38.9 Å². The van der Waals surface area contributed by atoms with Crippen molar-refractivity contribution in [3.05, 3.63) is 0 Å². The average molecular weight is 226 g/mol. The van der Waals surface area contributed by atoms with E-state index in [9.17, 15) is 0 Å². The zero-order valence-corrected chi connectivity index (χ0v) is 11.6. The maximum Gasteiger partial charge on any atom is 0.00695 e. The fraction of sp³-hybridized carbons (Fsp3) is 1.00. The summed E-state index contributed by atoms with van der Waals surface area (Å²) in [6.07, 6.45) is 4.07. The number of hydrogen-bond acceptors (Lipinski definition) is 2. The Morgan fingerprint density at radius 3 is 2.69 bits per heavy atom. The first-order valence-electron chi connectivity index (χ1n) is 7.12. The van der Waals surface area contributed by atoms with Gasteiger partial charge in [-0.3, -0.25) is 0 Å². The van der Waals surface area contributed by atoms with Gasteiger partial charge < -0.3 is 10.2 Å². The largest absolute Gasteiger partial charge is 0.317 e. The van der Waals surface area contributed by atoms with Crippen LogP contribution in [0.25, 0.3) is 0 Å². The molecule has 0 bridgehead atoms. The number of nitrogens with one attached hydrogen (secondary N) is 1. The molecule has 3 unspecified atom stereocenters. The summed E-state index contributed by atoms with van der Waals surface area (Å²) >= 11 is 0. The lowest BCUT2D eigenvalue weighted by Crippen LogP contribution is -2.33. The minimum absolute atomic E-state index is 0.779. The van der Waals surface area contributed by atoms with Crippen molar-refractivity contribution in [3.63, 3.8) is 0 Å². The Morgan fingerprint density at radius 1 is 1.31 bits per heavy atom. The van der Waals surface area contributed by atoms with Crippen molar-refractivity contribution in [2.75, 3.05) is 26.2 Å². The van der Waals surface area contributed by atoms with Crippen molar-refractivity contribution in [1.82, 2.24) is 10.2 Å². The zero-order chi connectivity index (χ0) is 12.0. The summed E-state index contributed by atoms with van der Waals surface area (Å²) in [4.78, 5) is 2.69. The molecular weight excluding hydrogens is 196 g/mol. The molecular formula is C14H30N2. The third kappa shape index (κ3) is 4.42. The first-order chi connectivity index (χ1) is 7.67. The van der Waals surface area contributed by atoms with Gasteiger partial charge >= 0.3 is 0 Å². The lowest BCUT2D eigenvalue weighted by Gasteiger charge is -2.26. The van der Waals surface area contributed by atoms with Gasteiger partial charge in [0.1, 0.15) is 0 Å². The molecule has 1 rings (SSSR count). The van der Waals surface area contributed by atoms with Crippen molar-refractivity contribution in [2.24, 2.45) is 11.8 Å². The van der Waals surface area contributed by atoms with Gasteiger partial charge in [0.15, 0.2) is 0 Å². The molecule has 1 heterocycles. The molecule has 3 atom stereocenters. The summed E-state index contributed by atoms with van der Waals surface area (Å²) in [5.41, 5.74) is 0. The van der Waals surface area contributed by atoms with Gasteiger partial charge in [0.2, 0.25) is 0 Å². The van der Waals surface area contributed by atoms with Crippen LogP contribution < -0.4 is 5.32 Å². The Bertz CT molecular complexity index is 182. The minimum Gasteiger partial charge on any atom is -0.317 e. The van der Waals surface area contributed by atoms with Crippen LogP contribution in [0.5, 0.6) is 0 Å². The summed E-state index contributed by atoms with van der Waals surface area (Å²) in [7, 11) is 0. The molecule has 0 aliphatic carbocycles. The van der Waals surface area contributed by atoms with Crippen LogP contribution in [0, 0.1) is 11.8 Å². The first-order valence-corrected chi connectivity index (χ1v) is 7.12. The molecule has 1 aliphatic heterocycles. The minimum atomic E-state index is 0.779. The van der Waals surface area contributed by atoms with E-state index in [-0.39, 0.29) is 0 Å². The van der Waals surface area contributed by atoms with Crippen LogP contribution in [0.2, 0.25) is 0 Å². The number of nitrogens with zero attached hydrogens (tertiary/aromatic N) is 1. The predicted octanol–water partition coefficient (Wildman–Crippen LogP) is 2.74. The van der Waals surface area contributed by atoms with Crippen LogP contribution in [0.1, 0.15) is 47.0 Å². The van der Waals surface area contributed by atoms with Crippen molar-refractivity contribution in [3.8, 4) is 0 Å². The SMILES string of the molecule is CCNCC1CCN(C(C)CC(C)CC)C1. The van der Waals surface area contributed by atoms with Gasteiger partial charge in [-0.1, -0.05) is 27.2 Å². The fourth-order valence-corrected chi connectivity index (χ4v) is 2.68. The van der Waals surface area contributed by atoms with Crippen LogP contribution in [0.15, 0.2) is 0 Å². The second-order valence-electron chi connectivity index (χ2n) is 5.56. The van der Waals surface area contributed by atoms with Gasteiger partial charge in [0, 0.05) is 12.6 Å². The highest BCUT2D eigenvalue weighted by Gasteiger charge is 2.25. The third-order valence-electron chi connectivity index (χ3n) is 4.06. The van der Waals surface area contributed by atoms with E-state index in [1.807, 2.05) is 0 Å². The van der Waals surface area contributed by atoms with E-state index in [2.05, 4.69) is 37.9 Å². The molecule has 0 radical (unpaired) electrons. The lowest BCUT2D eigenvalue weighted by atomic mass is 9.99. The highest BCUT2D eigenvalue weighted by atomic mass is 15.2. The van der Waals surface area contributed by atoms with Crippen molar-refractivity contribution >= 4 is 0 Å². The number of hydrogen-bond donors (Lipinski definition) is 1. The maximum absolute atomic E-state index is 3.47. The van der Waals surface area contributed by atoms with Gasteiger partial charge in [-0.15, -0.1) is 0 Å². The van der Waals surface area contributed by atoms with E-state index >= 15 is 0 Å². The van der Waals surface area contributed by atoms with Crippen LogP contribution in [-0.4, -0.2) is 37.1 Å². The van der Waals surface area contributed by atoms with E-state index < -0.39 is 0 Å². The normalized spacial score (nSPS) is 25.9. The van der Waals surface area contributed by atoms with Gasteiger partial charge in [-0.05, 0) is 51.2 Å². The van der Waals surface area contributed by atoms with Crippen LogP contribution >= 0.6 is 0 Å². The van der Waals surface area contributed by atoms with Crippen LogP contribution in [0.4, 0.5) is 0 Å². The van der Waals surface area contributed by atoms with E-state index in [0.29, 0.717) is 0 Å². The molecule has 0 aromatic carbocycles. The smallest absolute Gasteiger partial charge is 0.00695 e. The second kappa shape index (κ2) is 7.29. The summed E-state index contributed by atoms with van der Waals surface area (Å²) in [6, 6.07) is 0.779. The first kappa shape index (κ1) is 14.0. The molecule has 2 nitrogen and oxygen atoms in total. The molecule has 2 heteroatoms. The Hall–Kier alpha value is -0.0800. The van der Waals surface area contributed by atoms with Crippen molar-refractivity contribution in [2.45, 2.75) is 53.0 Å². The molecule has 1 saturated heterocycles. The average Bonchev–Trinajstić information content (AvgIpc) is 2.74. The molecule has 0 saturated carbocycles. The number of rotatable bonds is 7.